The molecular formula is C17H20N2O4S. The first kappa shape index (κ1) is 16.6. The van der Waals surface area contributed by atoms with E-state index in [4.69, 9.17) is 4.42 Å². The fourth-order valence-electron chi connectivity index (χ4n) is 2.66. The van der Waals surface area contributed by atoms with E-state index in [0.717, 1.165) is 24.1 Å². The van der Waals surface area contributed by atoms with Gasteiger partial charge in [-0.1, -0.05) is 6.07 Å². The number of aryl methyl sites for hydroxylation is 1. The van der Waals surface area contributed by atoms with Crippen LogP contribution in [0.4, 0.5) is 11.4 Å². The molecule has 1 amide bonds. The normalized spacial score (nSPS) is 14.5. The van der Waals surface area contributed by atoms with Gasteiger partial charge in [-0.15, -0.1) is 0 Å². The summed E-state index contributed by atoms with van der Waals surface area (Å²) in [5.74, 6) is 0.0563. The second-order valence-electron chi connectivity index (χ2n) is 6.08. The summed E-state index contributed by atoms with van der Waals surface area (Å²) >= 11 is 0. The molecule has 1 aromatic carbocycles. The third kappa shape index (κ3) is 3.17. The largest absolute Gasteiger partial charge is 0.459 e. The maximum absolute atomic E-state index is 12.6. The molecule has 0 saturated heterocycles. The van der Waals surface area contributed by atoms with E-state index >= 15 is 0 Å². The van der Waals surface area contributed by atoms with Crippen molar-refractivity contribution in [1.29, 1.82) is 0 Å². The van der Waals surface area contributed by atoms with E-state index in [1.807, 2.05) is 6.07 Å². The van der Waals surface area contributed by atoms with Crippen molar-refractivity contribution in [2.45, 2.75) is 31.9 Å². The van der Waals surface area contributed by atoms with E-state index in [2.05, 4.69) is 4.72 Å². The van der Waals surface area contributed by atoms with Crippen LogP contribution in [0.2, 0.25) is 0 Å². The summed E-state index contributed by atoms with van der Waals surface area (Å²) in [6.07, 6.45) is 3.18. The first-order valence-electron chi connectivity index (χ1n) is 7.88. The SMILES string of the molecule is CC(C)S(=O)(=O)Nc1ccc2c(c1)N(C(=O)c1ccco1)CCC2. The molecular weight excluding hydrogens is 328 g/mol. The van der Waals surface area contributed by atoms with E-state index < -0.39 is 15.3 Å². The minimum Gasteiger partial charge on any atom is -0.459 e. The molecule has 0 bridgehead atoms. The van der Waals surface area contributed by atoms with Crippen molar-refractivity contribution in [2.75, 3.05) is 16.2 Å². The first-order valence-corrected chi connectivity index (χ1v) is 9.43. The van der Waals surface area contributed by atoms with Crippen molar-refractivity contribution >= 4 is 27.3 Å². The lowest BCUT2D eigenvalue weighted by Crippen LogP contribution is -2.35. The number of benzene rings is 1. The number of carbonyl (C=O) groups is 1. The quantitative estimate of drug-likeness (QED) is 0.921. The zero-order valence-corrected chi connectivity index (χ0v) is 14.5. The van der Waals surface area contributed by atoms with Gasteiger partial charge in [0, 0.05) is 12.2 Å². The molecule has 0 saturated carbocycles. The number of carbonyl (C=O) groups excluding carboxylic acids is 1. The summed E-state index contributed by atoms with van der Waals surface area (Å²) in [5.41, 5.74) is 2.21. The Bertz CT molecular complexity index is 841. The van der Waals surface area contributed by atoms with Crippen molar-refractivity contribution in [3.63, 3.8) is 0 Å². The van der Waals surface area contributed by atoms with Gasteiger partial charge in [-0.2, -0.15) is 0 Å². The van der Waals surface area contributed by atoms with Crippen LogP contribution in [0.1, 0.15) is 36.4 Å². The van der Waals surface area contributed by atoms with E-state index in [9.17, 15) is 13.2 Å². The zero-order chi connectivity index (χ0) is 17.3. The molecule has 24 heavy (non-hydrogen) atoms. The van der Waals surface area contributed by atoms with Gasteiger partial charge in [0.25, 0.3) is 5.91 Å². The highest BCUT2D eigenvalue weighted by atomic mass is 32.2. The zero-order valence-electron chi connectivity index (χ0n) is 13.7. The topological polar surface area (TPSA) is 79.6 Å². The molecule has 7 heteroatoms. The molecule has 0 aliphatic carbocycles. The van der Waals surface area contributed by atoms with Gasteiger partial charge in [-0.05, 0) is 56.5 Å². The number of nitrogens with one attached hydrogen (secondary N) is 1. The van der Waals surface area contributed by atoms with E-state index in [-0.39, 0.29) is 11.7 Å². The molecule has 1 aliphatic heterocycles. The van der Waals surface area contributed by atoms with Crippen LogP contribution in [0.15, 0.2) is 41.0 Å². The second kappa shape index (κ2) is 6.32. The van der Waals surface area contributed by atoms with Gasteiger partial charge >= 0.3 is 0 Å². The molecule has 0 unspecified atom stereocenters. The molecule has 6 nitrogen and oxygen atoms in total. The standard InChI is InChI=1S/C17H20N2O4S/c1-12(2)24(21,22)18-14-8-7-13-5-3-9-19(15(13)11-14)17(20)16-6-4-10-23-16/h4,6-8,10-12,18H,3,5,9H2,1-2H3. The third-order valence-corrected chi connectivity index (χ3v) is 5.82. The fourth-order valence-corrected chi connectivity index (χ4v) is 3.36. The van der Waals surface area contributed by atoms with Crippen LogP contribution < -0.4 is 9.62 Å². The molecule has 1 N–H and O–H groups in total. The maximum atomic E-state index is 12.6. The average Bonchev–Trinajstić information content (AvgIpc) is 3.07. The number of hydrogen-bond donors (Lipinski definition) is 1. The highest BCUT2D eigenvalue weighted by Crippen LogP contribution is 2.31. The van der Waals surface area contributed by atoms with Crippen LogP contribution >= 0.6 is 0 Å². The highest BCUT2D eigenvalue weighted by molar-refractivity contribution is 7.93. The van der Waals surface area contributed by atoms with Gasteiger partial charge < -0.3 is 9.32 Å². The van der Waals surface area contributed by atoms with E-state index in [0.29, 0.717) is 12.2 Å². The minimum absolute atomic E-state index is 0.218. The van der Waals surface area contributed by atoms with Gasteiger partial charge in [0.1, 0.15) is 0 Å². The summed E-state index contributed by atoms with van der Waals surface area (Å²) in [7, 11) is -3.43. The van der Waals surface area contributed by atoms with Crippen LogP contribution in [0.5, 0.6) is 0 Å². The van der Waals surface area contributed by atoms with Crippen molar-refractivity contribution in [1.82, 2.24) is 0 Å². The summed E-state index contributed by atoms with van der Waals surface area (Å²) in [4.78, 5) is 14.3. The number of amides is 1. The molecule has 1 aromatic heterocycles. The summed E-state index contributed by atoms with van der Waals surface area (Å²) in [5, 5.41) is -0.533. The summed E-state index contributed by atoms with van der Waals surface area (Å²) < 4.78 is 31.9. The number of anilines is 2. The van der Waals surface area contributed by atoms with Crippen molar-refractivity contribution < 1.29 is 17.6 Å². The van der Waals surface area contributed by atoms with Gasteiger partial charge in [0.2, 0.25) is 10.0 Å². The smallest absolute Gasteiger partial charge is 0.293 e. The molecule has 2 aromatic rings. The Morgan fingerprint density at radius 1 is 1.29 bits per heavy atom. The Morgan fingerprint density at radius 3 is 2.75 bits per heavy atom. The number of hydrogen-bond acceptors (Lipinski definition) is 4. The van der Waals surface area contributed by atoms with E-state index in [1.54, 1.807) is 43.0 Å². The highest BCUT2D eigenvalue weighted by Gasteiger charge is 2.26. The van der Waals surface area contributed by atoms with E-state index in [1.165, 1.54) is 6.26 Å². The number of sulfonamides is 1. The minimum atomic E-state index is -3.43. The Kier molecular flexibility index (Phi) is 4.36. The number of rotatable bonds is 4. The lowest BCUT2D eigenvalue weighted by Gasteiger charge is -2.29. The van der Waals surface area contributed by atoms with Crippen molar-refractivity contribution in [3.05, 3.63) is 47.9 Å². The van der Waals surface area contributed by atoms with Crippen LogP contribution in [-0.4, -0.2) is 26.1 Å². The predicted octanol–water partition coefficient (Wildman–Crippen LogP) is 3.02. The molecule has 0 radical (unpaired) electrons. The molecule has 1 aliphatic rings. The maximum Gasteiger partial charge on any atom is 0.293 e. The Balaban J connectivity index is 1.94. The monoisotopic (exact) mass is 348 g/mol. The number of nitrogens with zero attached hydrogens (tertiary/aromatic N) is 1. The van der Waals surface area contributed by atoms with Gasteiger partial charge in [0.15, 0.2) is 5.76 Å². The number of furan rings is 1. The lowest BCUT2D eigenvalue weighted by atomic mass is 10.0. The van der Waals surface area contributed by atoms with Gasteiger partial charge in [-0.25, -0.2) is 8.42 Å². The first-order chi connectivity index (χ1) is 11.4. The van der Waals surface area contributed by atoms with Crippen LogP contribution in [0.25, 0.3) is 0 Å². The van der Waals surface area contributed by atoms with Crippen LogP contribution in [-0.2, 0) is 16.4 Å². The van der Waals surface area contributed by atoms with Gasteiger partial charge in [-0.3, -0.25) is 9.52 Å². The van der Waals surface area contributed by atoms with Crippen LogP contribution in [0.3, 0.4) is 0 Å². The van der Waals surface area contributed by atoms with Crippen molar-refractivity contribution in [2.24, 2.45) is 0 Å². The molecule has 3 rings (SSSR count). The molecule has 128 valence electrons. The Labute approximate surface area is 141 Å². The number of fused-ring (bicyclic) bond motifs is 1. The average molecular weight is 348 g/mol. The molecule has 2 heterocycles. The second-order valence-corrected chi connectivity index (χ2v) is 8.31. The van der Waals surface area contributed by atoms with Gasteiger partial charge in [0.05, 0.1) is 17.2 Å². The Morgan fingerprint density at radius 2 is 2.08 bits per heavy atom. The molecule has 0 fully saturated rings. The van der Waals surface area contributed by atoms with Crippen LogP contribution in [0, 0.1) is 0 Å². The summed E-state index contributed by atoms with van der Waals surface area (Å²) in [6, 6.07) is 8.62. The fraction of sp³-hybridized carbons (Fsp3) is 0.353. The summed E-state index contributed by atoms with van der Waals surface area (Å²) in [6.45, 7) is 3.81. The lowest BCUT2D eigenvalue weighted by molar-refractivity contribution is 0.0958. The van der Waals surface area contributed by atoms with Crippen molar-refractivity contribution in [3.8, 4) is 0 Å². The molecule has 0 atom stereocenters. The Hall–Kier alpha value is -2.28. The third-order valence-electron chi connectivity index (χ3n) is 4.06. The molecule has 0 spiro atoms. The predicted molar refractivity (Wildman–Crippen MR) is 92.8 cm³/mol.